The molecule has 1 saturated carbocycles. The summed E-state index contributed by atoms with van der Waals surface area (Å²) in [6.07, 6.45) is 8.10. The van der Waals surface area contributed by atoms with E-state index < -0.39 is 16.1 Å². The van der Waals surface area contributed by atoms with Crippen LogP contribution in [0.2, 0.25) is 5.02 Å². The first-order valence-corrected chi connectivity index (χ1v) is 11.8. The van der Waals surface area contributed by atoms with Crippen LogP contribution >= 0.6 is 11.6 Å². The van der Waals surface area contributed by atoms with Crippen LogP contribution < -0.4 is 5.32 Å². The number of hydrogen-bond acceptors (Lipinski definition) is 7. The van der Waals surface area contributed by atoms with Crippen LogP contribution in [0.25, 0.3) is 10.9 Å². The van der Waals surface area contributed by atoms with Crippen LogP contribution in [0.4, 0.5) is 5.95 Å². The Morgan fingerprint density at radius 2 is 1.93 bits per heavy atom. The maximum atomic E-state index is 11.7. The van der Waals surface area contributed by atoms with Crippen molar-refractivity contribution in [3.63, 3.8) is 0 Å². The molecule has 0 aromatic carbocycles. The molecule has 2 N–H and O–H groups in total. The summed E-state index contributed by atoms with van der Waals surface area (Å²) in [7, 11) is -3.15. The Morgan fingerprint density at radius 1 is 1.18 bits per heavy atom. The molecular weight excluding hydrogens is 402 g/mol. The Labute approximate surface area is 169 Å². The average Bonchev–Trinajstić information content (AvgIpc) is 3.07. The van der Waals surface area contributed by atoms with Crippen LogP contribution in [0, 0.1) is 0 Å². The number of nitrogens with zero attached hydrogens (tertiary/aromatic N) is 4. The van der Waals surface area contributed by atoms with Gasteiger partial charge in [-0.3, -0.25) is 4.98 Å². The average molecular weight is 426 g/mol. The zero-order valence-electron chi connectivity index (χ0n) is 15.7. The highest BCUT2D eigenvalue weighted by Gasteiger charge is 2.30. The highest BCUT2D eigenvalue weighted by molar-refractivity contribution is 7.88. The van der Waals surface area contributed by atoms with Crippen molar-refractivity contribution < 1.29 is 13.5 Å². The van der Waals surface area contributed by atoms with E-state index in [-0.39, 0.29) is 12.0 Å². The Morgan fingerprint density at radius 3 is 2.57 bits per heavy atom. The van der Waals surface area contributed by atoms with Crippen molar-refractivity contribution in [1.29, 1.82) is 0 Å². The van der Waals surface area contributed by atoms with E-state index in [0.29, 0.717) is 42.4 Å². The number of aliphatic hydroxyl groups excluding tert-OH is 1. The van der Waals surface area contributed by atoms with Gasteiger partial charge in [0.2, 0.25) is 16.0 Å². The second kappa shape index (κ2) is 7.70. The van der Waals surface area contributed by atoms with E-state index in [4.69, 9.17) is 11.6 Å². The number of halogens is 1. The number of anilines is 1. The Hall–Kier alpha value is -1.55. The number of rotatable bonds is 4. The molecule has 2 atom stereocenters. The summed E-state index contributed by atoms with van der Waals surface area (Å²) in [5, 5.41) is 14.8. The number of sulfonamides is 1. The molecular formula is C18H24ClN5O3S. The molecule has 2 aliphatic rings. The molecule has 2 aromatic heterocycles. The van der Waals surface area contributed by atoms with Crippen LogP contribution in [0.5, 0.6) is 0 Å². The zero-order chi connectivity index (χ0) is 19.9. The number of hydrogen-bond donors (Lipinski definition) is 2. The molecule has 10 heteroatoms. The van der Waals surface area contributed by atoms with E-state index in [1.165, 1.54) is 10.6 Å². The van der Waals surface area contributed by atoms with Crippen LogP contribution in [0.1, 0.15) is 43.7 Å². The second-order valence-electron chi connectivity index (χ2n) is 7.63. The number of nitrogens with one attached hydrogen (secondary N) is 1. The molecule has 0 unspecified atom stereocenters. The lowest BCUT2D eigenvalue weighted by Crippen LogP contribution is -2.42. The van der Waals surface area contributed by atoms with Gasteiger partial charge in [0.05, 0.1) is 28.6 Å². The van der Waals surface area contributed by atoms with Gasteiger partial charge in [-0.25, -0.2) is 22.7 Å². The molecule has 3 heterocycles. The highest BCUT2D eigenvalue weighted by Crippen LogP contribution is 2.37. The van der Waals surface area contributed by atoms with Crippen LogP contribution in [0.15, 0.2) is 12.4 Å². The summed E-state index contributed by atoms with van der Waals surface area (Å²) in [5.41, 5.74) is 1.44. The van der Waals surface area contributed by atoms with Gasteiger partial charge in [-0.2, -0.15) is 0 Å². The summed E-state index contributed by atoms with van der Waals surface area (Å²) in [5.74, 6) is 0.434. The van der Waals surface area contributed by atoms with Gasteiger partial charge in [-0.05, 0) is 25.7 Å². The summed E-state index contributed by atoms with van der Waals surface area (Å²) in [6.45, 7) is 0.966. The van der Waals surface area contributed by atoms with Gasteiger partial charge in [0.1, 0.15) is 0 Å². The standard InChI is InChI=1S/C18H24ClN5O3S/c1-28(26,27)24-7-5-11(6-8-24)22-18-21-9-13-14(19)10-20-16(17(13)23-18)12-3-2-4-15(12)25/h9-12,15,25H,2-8H2,1H3,(H,21,22,23)/t12-,15-/m0/s1. The van der Waals surface area contributed by atoms with Crippen molar-refractivity contribution in [3.8, 4) is 0 Å². The van der Waals surface area contributed by atoms with E-state index in [0.717, 1.165) is 30.3 Å². The Balaban J connectivity index is 1.57. The van der Waals surface area contributed by atoms with Crippen LogP contribution in [-0.4, -0.2) is 64.3 Å². The maximum Gasteiger partial charge on any atom is 0.223 e. The molecule has 152 valence electrons. The number of aliphatic hydroxyl groups is 1. The van der Waals surface area contributed by atoms with Gasteiger partial charge in [0.15, 0.2) is 0 Å². The lowest BCUT2D eigenvalue weighted by atomic mass is 9.99. The molecule has 2 fully saturated rings. The molecule has 1 saturated heterocycles. The topological polar surface area (TPSA) is 108 Å². The van der Waals surface area contributed by atoms with E-state index in [2.05, 4.69) is 20.3 Å². The van der Waals surface area contributed by atoms with Crippen molar-refractivity contribution >= 4 is 38.5 Å². The van der Waals surface area contributed by atoms with E-state index >= 15 is 0 Å². The second-order valence-corrected chi connectivity index (χ2v) is 10.0. The minimum absolute atomic E-state index is 0.0412. The molecule has 0 bridgehead atoms. The quantitative estimate of drug-likeness (QED) is 0.772. The van der Waals surface area contributed by atoms with Crippen molar-refractivity contribution in [2.24, 2.45) is 0 Å². The van der Waals surface area contributed by atoms with Crippen LogP contribution in [-0.2, 0) is 10.0 Å². The highest BCUT2D eigenvalue weighted by atomic mass is 35.5. The van der Waals surface area contributed by atoms with Gasteiger partial charge in [-0.15, -0.1) is 0 Å². The first kappa shape index (κ1) is 19.8. The minimum atomic E-state index is -3.15. The molecule has 2 aromatic rings. The number of aromatic nitrogens is 3. The minimum Gasteiger partial charge on any atom is -0.392 e. The third kappa shape index (κ3) is 3.94. The monoisotopic (exact) mass is 425 g/mol. The Kier molecular flexibility index (Phi) is 5.43. The first-order valence-electron chi connectivity index (χ1n) is 9.54. The number of fused-ring (bicyclic) bond motifs is 1. The first-order chi connectivity index (χ1) is 13.3. The SMILES string of the molecule is CS(=O)(=O)N1CCC(Nc2ncc3c(Cl)cnc([C@H]4CCC[C@@H]4O)c3n2)CC1. The van der Waals surface area contributed by atoms with Gasteiger partial charge in [0.25, 0.3) is 0 Å². The lowest BCUT2D eigenvalue weighted by molar-refractivity contribution is 0.163. The summed E-state index contributed by atoms with van der Waals surface area (Å²) < 4.78 is 24.8. The summed E-state index contributed by atoms with van der Waals surface area (Å²) >= 11 is 6.29. The fourth-order valence-electron chi connectivity index (χ4n) is 4.12. The number of pyridine rings is 1. The van der Waals surface area contributed by atoms with Crippen molar-refractivity contribution in [3.05, 3.63) is 23.1 Å². The normalized spacial score (nSPS) is 24.7. The molecule has 1 aliphatic carbocycles. The van der Waals surface area contributed by atoms with E-state index in [9.17, 15) is 13.5 Å². The molecule has 8 nitrogen and oxygen atoms in total. The maximum absolute atomic E-state index is 11.7. The van der Waals surface area contributed by atoms with Gasteiger partial charge in [-0.1, -0.05) is 18.0 Å². The molecule has 0 radical (unpaired) electrons. The molecule has 28 heavy (non-hydrogen) atoms. The van der Waals surface area contributed by atoms with Crippen molar-refractivity contribution in [1.82, 2.24) is 19.3 Å². The van der Waals surface area contributed by atoms with Gasteiger partial charge in [0, 0.05) is 42.8 Å². The largest absolute Gasteiger partial charge is 0.392 e. The van der Waals surface area contributed by atoms with Crippen molar-refractivity contribution in [2.75, 3.05) is 24.7 Å². The summed E-state index contributed by atoms with van der Waals surface area (Å²) in [6, 6.07) is 0.100. The van der Waals surface area contributed by atoms with E-state index in [1.807, 2.05) is 0 Å². The lowest BCUT2D eigenvalue weighted by Gasteiger charge is -2.30. The zero-order valence-corrected chi connectivity index (χ0v) is 17.2. The fraction of sp³-hybridized carbons (Fsp3) is 0.611. The van der Waals surface area contributed by atoms with E-state index in [1.54, 1.807) is 12.4 Å². The van der Waals surface area contributed by atoms with Gasteiger partial charge < -0.3 is 10.4 Å². The molecule has 0 amide bonds. The van der Waals surface area contributed by atoms with Crippen LogP contribution in [0.3, 0.4) is 0 Å². The molecule has 4 rings (SSSR count). The third-order valence-electron chi connectivity index (χ3n) is 5.69. The smallest absolute Gasteiger partial charge is 0.223 e. The third-order valence-corrected chi connectivity index (χ3v) is 7.30. The number of piperidine rings is 1. The molecule has 1 aliphatic heterocycles. The predicted octanol–water partition coefficient (Wildman–Crippen LogP) is 2.14. The van der Waals surface area contributed by atoms with Crippen molar-refractivity contribution in [2.45, 2.75) is 50.2 Å². The molecule has 0 spiro atoms. The Bertz CT molecular complexity index is 979. The predicted molar refractivity (Wildman–Crippen MR) is 108 cm³/mol. The fourth-order valence-corrected chi connectivity index (χ4v) is 5.18. The van der Waals surface area contributed by atoms with Gasteiger partial charge >= 0.3 is 0 Å². The summed E-state index contributed by atoms with van der Waals surface area (Å²) in [4.78, 5) is 13.5.